The third-order valence-electron chi connectivity index (χ3n) is 3.51. The summed E-state index contributed by atoms with van der Waals surface area (Å²) in [6, 6.07) is 6.24. The largest absolute Gasteiger partial charge is 0.350 e. The number of carbonyl (C=O) groups excluding carboxylic acids is 1. The first-order chi connectivity index (χ1) is 9.69. The van der Waals surface area contributed by atoms with Crippen molar-refractivity contribution in [3.05, 3.63) is 47.4 Å². The number of nitrogens with zero attached hydrogens (tertiary/aromatic N) is 1. The first-order valence-electron chi connectivity index (χ1n) is 6.60. The first-order valence-corrected chi connectivity index (χ1v) is 6.60. The maximum atomic E-state index is 12.3. The molecule has 0 aliphatic carbocycles. The van der Waals surface area contributed by atoms with Gasteiger partial charge in [0.15, 0.2) is 0 Å². The predicted octanol–water partition coefficient (Wildman–Crippen LogP) is 3.01. The lowest BCUT2D eigenvalue weighted by Gasteiger charge is -2.01. The van der Waals surface area contributed by atoms with Crippen molar-refractivity contribution in [3.63, 3.8) is 0 Å². The number of H-pyrrole nitrogens is 2. The molecule has 5 heteroatoms. The summed E-state index contributed by atoms with van der Waals surface area (Å²) in [6.07, 6.45) is 4.20. The van der Waals surface area contributed by atoms with E-state index in [0.717, 1.165) is 22.9 Å². The molecule has 20 heavy (non-hydrogen) atoms. The maximum absolute atomic E-state index is 12.3. The van der Waals surface area contributed by atoms with E-state index in [1.54, 1.807) is 12.4 Å². The number of fused-ring (bicyclic) bond motifs is 1. The van der Waals surface area contributed by atoms with Crippen LogP contribution in [0.15, 0.2) is 30.6 Å². The van der Waals surface area contributed by atoms with E-state index in [9.17, 15) is 4.79 Å². The zero-order valence-corrected chi connectivity index (χ0v) is 11.4. The van der Waals surface area contributed by atoms with Gasteiger partial charge in [0, 0.05) is 17.1 Å². The maximum Gasteiger partial charge on any atom is 0.272 e. The number of benzene rings is 1. The molecule has 3 rings (SSSR count). The number of hydrogen-bond acceptors (Lipinski definition) is 2. The highest BCUT2D eigenvalue weighted by Crippen LogP contribution is 2.24. The van der Waals surface area contributed by atoms with Crippen LogP contribution in [0, 0.1) is 6.92 Å². The molecule has 0 aliphatic heterocycles. The molecule has 0 radical (unpaired) electrons. The van der Waals surface area contributed by atoms with Crippen molar-refractivity contribution in [3.8, 4) is 0 Å². The van der Waals surface area contributed by atoms with Crippen molar-refractivity contribution < 1.29 is 4.79 Å². The van der Waals surface area contributed by atoms with Crippen molar-refractivity contribution in [1.29, 1.82) is 0 Å². The summed E-state index contributed by atoms with van der Waals surface area (Å²) >= 11 is 0. The predicted molar refractivity (Wildman–Crippen MR) is 79.0 cm³/mol. The van der Waals surface area contributed by atoms with Gasteiger partial charge in [-0.1, -0.05) is 13.0 Å². The van der Waals surface area contributed by atoms with Crippen molar-refractivity contribution in [2.45, 2.75) is 20.3 Å². The van der Waals surface area contributed by atoms with Crippen molar-refractivity contribution >= 4 is 22.5 Å². The van der Waals surface area contributed by atoms with Crippen molar-refractivity contribution in [2.24, 2.45) is 0 Å². The minimum absolute atomic E-state index is 0.154. The van der Waals surface area contributed by atoms with Gasteiger partial charge in [0.1, 0.15) is 5.69 Å². The zero-order chi connectivity index (χ0) is 14.1. The van der Waals surface area contributed by atoms with Gasteiger partial charge in [-0.15, -0.1) is 0 Å². The van der Waals surface area contributed by atoms with Crippen LogP contribution in [0.2, 0.25) is 0 Å². The number of anilines is 1. The highest BCUT2D eigenvalue weighted by atomic mass is 16.1. The van der Waals surface area contributed by atoms with Gasteiger partial charge in [-0.3, -0.25) is 9.89 Å². The van der Waals surface area contributed by atoms with Crippen LogP contribution in [0.3, 0.4) is 0 Å². The summed E-state index contributed by atoms with van der Waals surface area (Å²) in [7, 11) is 0. The molecule has 0 spiro atoms. The van der Waals surface area contributed by atoms with Crippen LogP contribution in [-0.2, 0) is 6.42 Å². The smallest absolute Gasteiger partial charge is 0.272 e. The summed E-state index contributed by atoms with van der Waals surface area (Å²) in [4.78, 5) is 15.5. The molecule has 0 atom stereocenters. The number of nitrogens with one attached hydrogen (secondary N) is 3. The minimum atomic E-state index is -0.154. The molecule has 0 unspecified atom stereocenters. The quantitative estimate of drug-likeness (QED) is 0.683. The summed E-state index contributed by atoms with van der Waals surface area (Å²) in [5.74, 6) is -0.154. The SMILES string of the molecule is CCc1ccc2[nH]c(C(=O)Nc3cn[nH]c3)c(C)c2c1. The second-order valence-corrected chi connectivity index (χ2v) is 4.80. The average Bonchev–Trinajstić information content (AvgIpc) is 3.07. The zero-order valence-electron chi connectivity index (χ0n) is 11.4. The fourth-order valence-corrected chi connectivity index (χ4v) is 2.33. The Balaban J connectivity index is 1.99. The molecule has 2 heterocycles. The molecule has 0 fully saturated rings. The van der Waals surface area contributed by atoms with Gasteiger partial charge in [-0.25, -0.2) is 0 Å². The molecule has 5 nitrogen and oxygen atoms in total. The lowest BCUT2D eigenvalue weighted by atomic mass is 10.1. The van der Waals surface area contributed by atoms with E-state index >= 15 is 0 Å². The molecule has 0 aliphatic rings. The number of aromatic amines is 2. The van der Waals surface area contributed by atoms with Gasteiger partial charge < -0.3 is 10.3 Å². The number of hydrogen-bond donors (Lipinski definition) is 3. The normalized spacial score (nSPS) is 10.9. The second kappa shape index (κ2) is 4.85. The summed E-state index contributed by atoms with van der Waals surface area (Å²) in [5, 5.41) is 10.4. The van der Waals surface area contributed by atoms with Crippen LogP contribution < -0.4 is 5.32 Å². The van der Waals surface area contributed by atoms with Crippen LogP contribution >= 0.6 is 0 Å². The summed E-state index contributed by atoms with van der Waals surface area (Å²) < 4.78 is 0. The van der Waals surface area contributed by atoms with Crippen molar-refractivity contribution in [1.82, 2.24) is 15.2 Å². The van der Waals surface area contributed by atoms with E-state index in [4.69, 9.17) is 0 Å². The molecular weight excluding hydrogens is 252 g/mol. The van der Waals surface area contributed by atoms with Gasteiger partial charge in [0.25, 0.3) is 5.91 Å². The van der Waals surface area contributed by atoms with E-state index in [0.29, 0.717) is 11.4 Å². The second-order valence-electron chi connectivity index (χ2n) is 4.80. The summed E-state index contributed by atoms with van der Waals surface area (Å²) in [5.41, 5.74) is 4.46. The fourth-order valence-electron chi connectivity index (χ4n) is 2.33. The first kappa shape index (κ1) is 12.5. The Labute approximate surface area is 116 Å². The molecule has 0 saturated heterocycles. The molecular formula is C15H16N4O. The van der Waals surface area contributed by atoms with E-state index in [-0.39, 0.29) is 5.91 Å². The van der Waals surface area contributed by atoms with Crippen LogP contribution in [0.4, 0.5) is 5.69 Å². The highest BCUT2D eigenvalue weighted by Gasteiger charge is 2.15. The monoisotopic (exact) mass is 268 g/mol. The van der Waals surface area contributed by atoms with E-state index < -0.39 is 0 Å². The number of aryl methyl sites for hydroxylation is 2. The third kappa shape index (κ3) is 2.07. The minimum Gasteiger partial charge on any atom is -0.350 e. The molecule has 1 aromatic carbocycles. The Morgan fingerprint density at radius 1 is 1.40 bits per heavy atom. The Bertz CT molecular complexity index is 756. The van der Waals surface area contributed by atoms with Crippen molar-refractivity contribution in [2.75, 3.05) is 5.32 Å². The third-order valence-corrected chi connectivity index (χ3v) is 3.51. The number of carbonyl (C=O) groups is 1. The standard InChI is InChI=1S/C15H16N4O/c1-3-10-4-5-13-12(6-10)9(2)14(19-13)15(20)18-11-7-16-17-8-11/h4-8,19H,3H2,1-2H3,(H,16,17)(H,18,20). The molecule has 2 aromatic heterocycles. The summed E-state index contributed by atoms with van der Waals surface area (Å²) in [6.45, 7) is 4.08. The molecule has 0 bridgehead atoms. The molecule has 102 valence electrons. The van der Waals surface area contributed by atoms with Gasteiger partial charge in [-0.2, -0.15) is 5.10 Å². The van der Waals surface area contributed by atoms with E-state index in [2.05, 4.69) is 39.6 Å². The molecule has 3 N–H and O–H groups in total. The highest BCUT2D eigenvalue weighted by molar-refractivity contribution is 6.07. The number of amides is 1. The van der Waals surface area contributed by atoms with Gasteiger partial charge in [0.05, 0.1) is 11.9 Å². The topological polar surface area (TPSA) is 73.6 Å². The lowest BCUT2D eigenvalue weighted by molar-refractivity contribution is 0.102. The Kier molecular flexibility index (Phi) is 3.02. The fraction of sp³-hybridized carbons (Fsp3) is 0.200. The Hall–Kier alpha value is -2.56. The van der Waals surface area contributed by atoms with E-state index in [1.165, 1.54) is 5.56 Å². The lowest BCUT2D eigenvalue weighted by Crippen LogP contribution is -2.12. The number of rotatable bonds is 3. The van der Waals surface area contributed by atoms with Crippen LogP contribution in [0.5, 0.6) is 0 Å². The van der Waals surface area contributed by atoms with Gasteiger partial charge in [-0.05, 0) is 36.6 Å². The Morgan fingerprint density at radius 2 is 2.25 bits per heavy atom. The van der Waals surface area contributed by atoms with Crippen LogP contribution in [0.1, 0.15) is 28.5 Å². The Morgan fingerprint density at radius 3 is 2.95 bits per heavy atom. The van der Waals surface area contributed by atoms with Gasteiger partial charge >= 0.3 is 0 Å². The van der Waals surface area contributed by atoms with Crippen LogP contribution in [-0.4, -0.2) is 21.1 Å². The molecule has 0 saturated carbocycles. The molecule has 3 aromatic rings. The average molecular weight is 268 g/mol. The van der Waals surface area contributed by atoms with E-state index in [1.807, 2.05) is 13.0 Å². The molecule has 1 amide bonds. The van der Waals surface area contributed by atoms with Crippen LogP contribution in [0.25, 0.3) is 10.9 Å². The van der Waals surface area contributed by atoms with Gasteiger partial charge in [0.2, 0.25) is 0 Å². The number of aromatic nitrogens is 3.